The summed E-state index contributed by atoms with van der Waals surface area (Å²) in [6.07, 6.45) is 0. The maximum Gasteiger partial charge on any atom is 0.0718 e. The summed E-state index contributed by atoms with van der Waals surface area (Å²) in [5.74, 6) is 0. The minimum Gasteiger partial charge on any atom is -0.389 e. The zero-order chi connectivity index (χ0) is 14.0. The average Bonchev–Trinajstić information content (AvgIpc) is 2.18. The smallest absolute Gasteiger partial charge is 0.0718 e. The molecule has 1 fully saturated rings. The lowest BCUT2D eigenvalue weighted by Crippen LogP contribution is -2.53. The predicted molar refractivity (Wildman–Crippen MR) is 76.6 cm³/mol. The lowest BCUT2D eigenvalue weighted by Gasteiger charge is -2.41. The minimum atomic E-state index is -0.590. The molecule has 0 aromatic heterocycles. The van der Waals surface area contributed by atoms with E-state index in [0.29, 0.717) is 0 Å². The number of aliphatic hydroxyl groups is 1. The number of hydrogen-bond acceptors (Lipinski definition) is 4. The second-order valence-electron chi connectivity index (χ2n) is 7.14. The van der Waals surface area contributed by atoms with Crippen LogP contribution in [0.25, 0.3) is 0 Å². The van der Waals surface area contributed by atoms with E-state index in [1.165, 1.54) is 0 Å². The monoisotopic (exact) mass is 257 g/mol. The predicted octanol–water partition coefficient (Wildman–Crippen LogP) is 0.748. The SMILES string of the molecule is CC(N)C(C)(C)CN1CCN(CC(C)(C)O)CC1. The van der Waals surface area contributed by atoms with Crippen molar-refractivity contribution in [3.8, 4) is 0 Å². The van der Waals surface area contributed by atoms with Crippen molar-refractivity contribution in [1.82, 2.24) is 9.80 Å². The fraction of sp³-hybridized carbons (Fsp3) is 1.00. The molecule has 1 heterocycles. The number of nitrogens with zero attached hydrogens (tertiary/aromatic N) is 2. The summed E-state index contributed by atoms with van der Waals surface area (Å²) < 4.78 is 0. The summed E-state index contributed by atoms with van der Waals surface area (Å²) in [6.45, 7) is 16.4. The second-order valence-corrected chi connectivity index (χ2v) is 7.14. The molecule has 0 aliphatic carbocycles. The van der Waals surface area contributed by atoms with Crippen molar-refractivity contribution in [2.24, 2.45) is 11.1 Å². The third-order valence-corrected chi connectivity index (χ3v) is 3.94. The van der Waals surface area contributed by atoms with Gasteiger partial charge in [-0.1, -0.05) is 13.8 Å². The van der Waals surface area contributed by atoms with E-state index in [9.17, 15) is 5.11 Å². The molecule has 108 valence electrons. The zero-order valence-corrected chi connectivity index (χ0v) is 12.7. The maximum atomic E-state index is 9.82. The molecule has 1 aliphatic rings. The quantitative estimate of drug-likeness (QED) is 0.763. The van der Waals surface area contributed by atoms with Gasteiger partial charge in [-0.3, -0.25) is 4.90 Å². The molecule has 3 N–H and O–H groups in total. The summed E-state index contributed by atoms with van der Waals surface area (Å²) in [5.41, 5.74) is 5.60. The molecule has 0 spiro atoms. The van der Waals surface area contributed by atoms with Crippen LogP contribution in [0.3, 0.4) is 0 Å². The summed E-state index contributed by atoms with van der Waals surface area (Å²) in [7, 11) is 0. The van der Waals surface area contributed by atoms with Crippen LogP contribution in [0.5, 0.6) is 0 Å². The Labute approximate surface area is 112 Å². The van der Waals surface area contributed by atoms with Crippen LogP contribution in [-0.2, 0) is 0 Å². The molecule has 0 saturated carbocycles. The molecule has 4 heteroatoms. The standard InChI is InChI=1S/C14H31N3O/c1-12(15)13(2,3)10-16-6-8-17(9-7-16)11-14(4,5)18/h12,18H,6-11,15H2,1-5H3. The van der Waals surface area contributed by atoms with Crippen molar-refractivity contribution in [3.63, 3.8) is 0 Å². The molecule has 1 saturated heterocycles. The van der Waals surface area contributed by atoms with Crippen molar-refractivity contribution in [2.75, 3.05) is 39.3 Å². The fourth-order valence-corrected chi connectivity index (χ4v) is 2.37. The molecule has 0 radical (unpaired) electrons. The van der Waals surface area contributed by atoms with Gasteiger partial charge in [-0.25, -0.2) is 0 Å². The van der Waals surface area contributed by atoms with Gasteiger partial charge in [-0.2, -0.15) is 0 Å². The van der Waals surface area contributed by atoms with Crippen molar-refractivity contribution in [2.45, 2.75) is 46.3 Å². The highest BCUT2D eigenvalue weighted by molar-refractivity contribution is 4.84. The normalized spacial score (nSPS) is 22.2. The van der Waals surface area contributed by atoms with Gasteiger partial charge in [0.05, 0.1) is 5.60 Å². The molecule has 1 aliphatic heterocycles. The number of β-amino-alcohol motifs (C(OH)–C–C–N with tert-alkyl or cyclic N) is 1. The minimum absolute atomic E-state index is 0.165. The first-order valence-electron chi connectivity index (χ1n) is 7.03. The van der Waals surface area contributed by atoms with Crippen molar-refractivity contribution in [1.29, 1.82) is 0 Å². The first-order valence-corrected chi connectivity index (χ1v) is 7.03. The Morgan fingerprint density at radius 1 is 1.00 bits per heavy atom. The van der Waals surface area contributed by atoms with Gasteiger partial charge in [0.1, 0.15) is 0 Å². The third kappa shape index (κ3) is 5.22. The third-order valence-electron chi connectivity index (χ3n) is 3.94. The molecule has 0 aromatic carbocycles. The Hall–Kier alpha value is -0.160. The summed E-state index contributed by atoms with van der Waals surface area (Å²) in [5, 5.41) is 9.82. The second kappa shape index (κ2) is 5.87. The Kier molecular flexibility index (Phi) is 5.18. The van der Waals surface area contributed by atoms with Gasteiger partial charge < -0.3 is 15.7 Å². The van der Waals surface area contributed by atoms with Crippen LogP contribution in [0.2, 0.25) is 0 Å². The van der Waals surface area contributed by atoms with E-state index in [1.54, 1.807) is 0 Å². The molecule has 0 amide bonds. The van der Waals surface area contributed by atoms with Crippen molar-refractivity contribution >= 4 is 0 Å². The Balaban J connectivity index is 2.36. The fourth-order valence-electron chi connectivity index (χ4n) is 2.37. The molecule has 18 heavy (non-hydrogen) atoms. The van der Waals surface area contributed by atoms with E-state index >= 15 is 0 Å². The molecular formula is C14H31N3O. The number of nitrogens with two attached hydrogens (primary N) is 1. The Morgan fingerprint density at radius 3 is 1.72 bits per heavy atom. The highest BCUT2D eigenvalue weighted by Gasteiger charge is 2.28. The van der Waals surface area contributed by atoms with Crippen molar-refractivity contribution in [3.05, 3.63) is 0 Å². The molecular weight excluding hydrogens is 226 g/mol. The molecule has 0 aromatic rings. The van der Waals surface area contributed by atoms with E-state index < -0.39 is 5.60 Å². The van der Waals surface area contributed by atoms with E-state index in [4.69, 9.17) is 5.73 Å². The van der Waals surface area contributed by atoms with Gasteiger partial charge in [-0.15, -0.1) is 0 Å². The topological polar surface area (TPSA) is 52.7 Å². The van der Waals surface area contributed by atoms with Gasteiger partial charge in [0.25, 0.3) is 0 Å². The van der Waals surface area contributed by atoms with Crippen LogP contribution in [0, 0.1) is 5.41 Å². The van der Waals surface area contributed by atoms with Gasteiger partial charge in [0.15, 0.2) is 0 Å². The molecule has 1 unspecified atom stereocenters. The van der Waals surface area contributed by atoms with Crippen LogP contribution in [0.15, 0.2) is 0 Å². The first kappa shape index (κ1) is 15.9. The van der Waals surface area contributed by atoms with E-state index in [0.717, 1.165) is 39.3 Å². The van der Waals surface area contributed by atoms with Crippen LogP contribution in [-0.4, -0.2) is 65.8 Å². The number of rotatable bonds is 5. The first-order chi connectivity index (χ1) is 8.10. The number of piperazine rings is 1. The van der Waals surface area contributed by atoms with E-state index in [1.807, 2.05) is 13.8 Å². The van der Waals surface area contributed by atoms with Gasteiger partial charge >= 0.3 is 0 Å². The molecule has 4 nitrogen and oxygen atoms in total. The van der Waals surface area contributed by atoms with Crippen molar-refractivity contribution < 1.29 is 5.11 Å². The zero-order valence-electron chi connectivity index (χ0n) is 12.7. The highest BCUT2D eigenvalue weighted by Crippen LogP contribution is 2.21. The van der Waals surface area contributed by atoms with Crippen LogP contribution in [0.1, 0.15) is 34.6 Å². The Bertz CT molecular complexity index is 250. The van der Waals surface area contributed by atoms with Crippen LogP contribution < -0.4 is 5.73 Å². The lowest BCUT2D eigenvalue weighted by molar-refractivity contribution is 0.0115. The average molecular weight is 257 g/mol. The van der Waals surface area contributed by atoms with Gasteiger partial charge in [0.2, 0.25) is 0 Å². The summed E-state index contributed by atoms with van der Waals surface area (Å²) in [6, 6.07) is 0.215. The van der Waals surface area contributed by atoms with Crippen LogP contribution >= 0.6 is 0 Å². The maximum absolute atomic E-state index is 9.82. The van der Waals surface area contributed by atoms with Gasteiger partial charge in [-0.05, 0) is 26.2 Å². The van der Waals surface area contributed by atoms with E-state index in [2.05, 4.69) is 30.6 Å². The molecule has 1 rings (SSSR count). The summed E-state index contributed by atoms with van der Waals surface area (Å²) >= 11 is 0. The lowest BCUT2D eigenvalue weighted by atomic mass is 9.85. The highest BCUT2D eigenvalue weighted by atomic mass is 16.3. The van der Waals surface area contributed by atoms with E-state index in [-0.39, 0.29) is 11.5 Å². The molecule has 0 bridgehead atoms. The Morgan fingerprint density at radius 2 is 1.39 bits per heavy atom. The number of hydrogen-bond donors (Lipinski definition) is 2. The summed E-state index contributed by atoms with van der Waals surface area (Å²) in [4.78, 5) is 4.83. The van der Waals surface area contributed by atoms with Gasteiger partial charge in [0, 0.05) is 45.3 Å². The largest absolute Gasteiger partial charge is 0.389 e. The molecule has 1 atom stereocenters. The van der Waals surface area contributed by atoms with Crippen LogP contribution in [0.4, 0.5) is 0 Å².